The van der Waals surface area contributed by atoms with E-state index >= 15 is 0 Å². The molecule has 0 fully saturated rings. The molecule has 1 N–H and O–H groups in total. The Kier molecular flexibility index (Phi) is 8.25. The summed E-state index contributed by atoms with van der Waals surface area (Å²) < 4.78 is 5.89. The Balaban J connectivity index is 1.81. The normalized spacial score (nSPS) is 11.5. The van der Waals surface area contributed by atoms with E-state index in [9.17, 15) is 9.59 Å². The number of hydrogen-bond donors (Lipinski definition) is 1. The Morgan fingerprint density at radius 1 is 0.969 bits per heavy atom. The van der Waals surface area contributed by atoms with Gasteiger partial charge in [0.05, 0.1) is 12.7 Å². The van der Waals surface area contributed by atoms with Crippen molar-refractivity contribution < 1.29 is 19.2 Å². The first-order valence-electron chi connectivity index (χ1n) is 10.1. The zero-order valence-corrected chi connectivity index (χ0v) is 18.7. The number of carbonyl (C=O) groups excluding carboxylic acids is 2. The Hall–Kier alpha value is -3.35. The predicted octanol–water partition coefficient (Wildman–Crippen LogP) is 4.28. The number of hydrogen-bond acceptors (Lipinski definition) is 4. The number of benzene rings is 3. The van der Waals surface area contributed by atoms with Crippen LogP contribution in [0.2, 0.25) is 5.02 Å². The van der Waals surface area contributed by atoms with E-state index in [1.165, 1.54) is 20.2 Å². The summed E-state index contributed by atoms with van der Waals surface area (Å²) >= 11 is 6.15. The first kappa shape index (κ1) is 23.3. The molecule has 3 rings (SSSR count). The van der Waals surface area contributed by atoms with E-state index < -0.39 is 11.9 Å². The van der Waals surface area contributed by atoms with Crippen molar-refractivity contribution in [1.82, 2.24) is 10.4 Å². The van der Waals surface area contributed by atoms with Crippen LogP contribution in [0.5, 0.6) is 5.75 Å². The number of amides is 2. The van der Waals surface area contributed by atoms with Gasteiger partial charge < -0.3 is 10.1 Å². The first-order chi connectivity index (χ1) is 15.5. The molecule has 166 valence electrons. The molecule has 0 aromatic heterocycles. The number of halogens is 1. The minimum absolute atomic E-state index is 0.249. The minimum atomic E-state index is -0.837. The molecule has 32 heavy (non-hydrogen) atoms. The third-order valence-electron chi connectivity index (χ3n) is 4.89. The Bertz CT molecular complexity index is 1040. The summed E-state index contributed by atoms with van der Waals surface area (Å²) in [5.41, 5.74) is 2.12. The van der Waals surface area contributed by atoms with Gasteiger partial charge in [0.25, 0.3) is 11.8 Å². The molecule has 0 aliphatic heterocycles. The van der Waals surface area contributed by atoms with E-state index in [4.69, 9.17) is 21.2 Å². The highest BCUT2D eigenvalue weighted by Crippen LogP contribution is 2.24. The van der Waals surface area contributed by atoms with Gasteiger partial charge in [0, 0.05) is 18.5 Å². The SMILES string of the molecule is CON(C)C(=O)[C@H](Cc1ccccc1)NC(=O)c1cc(Cl)ccc1OCc1ccccc1. The van der Waals surface area contributed by atoms with Crippen molar-refractivity contribution in [3.05, 3.63) is 101 Å². The molecule has 6 nitrogen and oxygen atoms in total. The molecule has 2 amide bonds. The van der Waals surface area contributed by atoms with Crippen molar-refractivity contribution in [3.8, 4) is 5.75 Å². The highest BCUT2D eigenvalue weighted by molar-refractivity contribution is 6.31. The molecule has 3 aromatic carbocycles. The zero-order valence-electron chi connectivity index (χ0n) is 18.0. The van der Waals surface area contributed by atoms with Gasteiger partial charge in [-0.2, -0.15) is 0 Å². The summed E-state index contributed by atoms with van der Waals surface area (Å²) in [5, 5.41) is 4.30. The van der Waals surface area contributed by atoms with Crippen molar-refractivity contribution in [2.45, 2.75) is 19.1 Å². The van der Waals surface area contributed by atoms with Crippen LogP contribution in [0.25, 0.3) is 0 Å². The van der Waals surface area contributed by atoms with Gasteiger partial charge in [-0.1, -0.05) is 72.3 Å². The second-order valence-corrected chi connectivity index (χ2v) is 7.59. The van der Waals surface area contributed by atoms with Crippen LogP contribution < -0.4 is 10.1 Å². The fraction of sp³-hybridized carbons (Fsp3) is 0.200. The topological polar surface area (TPSA) is 67.9 Å². The lowest BCUT2D eigenvalue weighted by Crippen LogP contribution is -2.48. The number of carbonyl (C=O) groups is 2. The largest absolute Gasteiger partial charge is 0.488 e. The quantitative estimate of drug-likeness (QED) is 0.492. The predicted molar refractivity (Wildman–Crippen MR) is 123 cm³/mol. The van der Waals surface area contributed by atoms with E-state index in [0.29, 0.717) is 23.8 Å². The lowest BCUT2D eigenvalue weighted by Gasteiger charge is -2.23. The van der Waals surface area contributed by atoms with Gasteiger partial charge >= 0.3 is 0 Å². The molecule has 0 aliphatic carbocycles. The van der Waals surface area contributed by atoms with Gasteiger partial charge in [-0.3, -0.25) is 14.4 Å². The molecular weight excluding hydrogens is 428 g/mol. The molecule has 1 atom stereocenters. The van der Waals surface area contributed by atoms with Gasteiger partial charge in [0.1, 0.15) is 18.4 Å². The maximum absolute atomic E-state index is 13.2. The van der Waals surface area contributed by atoms with Gasteiger partial charge in [-0.05, 0) is 29.3 Å². The molecule has 0 unspecified atom stereocenters. The van der Waals surface area contributed by atoms with Crippen LogP contribution in [0.3, 0.4) is 0 Å². The molecule has 0 aliphatic rings. The number of likely N-dealkylation sites (N-methyl/N-ethyl adjacent to an activating group) is 1. The van der Waals surface area contributed by atoms with E-state index in [2.05, 4.69) is 5.32 Å². The average molecular weight is 453 g/mol. The smallest absolute Gasteiger partial charge is 0.268 e. The van der Waals surface area contributed by atoms with Crippen LogP contribution in [0.15, 0.2) is 78.9 Å². The second kappa shape index (κ2) is 11.3. The lowest BCUT2D eigenvalue weighted by molar-refractivity contribution is -0.170. The monoisotopic (exact) mass is 452 g/mol. The van der Waals surface area contributed by atoms with Crippen molar-refractivity contribution >= 4 is 23.4 Å². The minimum Gasteiger partial charge on any atom is -0.488 e. The van der Waals surface area contributed by atoms with Crippen molar-refractivity contribution in [2.24, 2.45) is 0 Å². The number of ether oxygens (including phenoxy) is 1. The molecule has 0 saturated carbocycles. The number of nitrogens with one attached hydrogen (secondary N) is 1. The molecule has 0 radical (unpaired) electrons. The van der Waals surface area contributed by atoms with Crippen LogP contribution in [0.4, 0.5) is 0 Å². The zero-order chi connectivity index (χ0) is 22.9. The third-order valence-corrected chi connectivity index (χ3v) is 5.13. The van der Waals surface area contributed by atoms with Gasteiger partial charge in [0.15, 0.2) is 0 Å². The van der Waals surface area contributed by atoms with Crippen molar-refractivity contribution in [1.29, 1.82) is 0 Å². The Morgan fingerprint density at radius 2 is 1.59 bits per heavy atom. The van der Waals surface area contributed by atoms with Gasteiger partial charge in [-0.15, -0.1) is 0 Å². The van der Waals surface area contributed by atoms with E-state index in [1.807, 2.05) is 60.7 Å². The van der Waals surface area contributed by atoms with Gasteiger partial charge in [-0.25, -0.2) is 5.06 Å². The highest BCUT2D eigenvalue weighted by atomic mass is 35.5. The molecular formula is C25H25ClN2O4. The number of nitrogens with zero attached hydrogens (tertiary/aromatic N) is 1. The van der Waals surface area contributed by atoms with Crippen LogP contribution in [0.1, 0.15) is 21.5 Å². The summed E-state index contributed by atoms with van der Waals surface area (Å²) in [6.07, 6.45) is 0.305. The van der Waals surface area contributed by atoms with Crippen molar-refractivity contribution in [2.75, 3.05) is 14.2 Å². The summed E-state index contributed by atoms with van der Waals surface area (Å²) in [7, 11) is 2.89. The maximum atomic E-state index is 13.2. The molecule has 7 heteroatoms. The summed E-state index contributed by atoms with van der Waals surface area (Å²) in [6, 6.07) is 23.1. The fourth-order valence-electron chi connectivity index (χ4n) is 3.14. The Morgan fingerprint density at radius 3 is 2.22 bits per heavy atom. The Labute approximate surface area is 192 Å². The maximum Gasteiger partial charge on any atom is 0.268 e. The molecule has 0 saturated heterocycles. The fourth-order valence-corrected chi connectivity index (χ4v) is 3.31. The summed E-state index contributed by atoms with van der Waals surface area (Å²) in [4.78, 5) is 31.1. The van der Waals surface area contributed by atoms with Crippen LogP contribution >= 0.6 is 11.6 Å². The second-order valence-electron chi connectivity index (χ2n) is 7.15. The molecule has 0 heterocycles. The third kappa shape index (κ3) is 6.33. The highest BCUT2D eigenvalue weighted by Gasteiger charge is 2.26. The number of rotatable bonds is 9. The molecule has 0 spiro atoms. The summed E-state index contributed by atoms with van der Waals surface area (Å²) in [5.74, 6) is -0.463. The van der Waals surface area contributed by atoms with E-state index in [-0.39, 0.29) is 11.5 Å². The molecule has 0 bridgehead atoms. The first-order valence-corrected chi connectivity index (χ1v) is 10.5. The van der Waals surface area contributed by atoms with Crippen LogP contribution in [0, 0.1) is 0 Å². The molecule has 3 aromatic rings. The van der Waals surface area contributed by atoms with Crippen LogP contribution in [-0.4, -0.2) is 37.1 Å². The van der Waals surface area contributed by atoms with Crippen molar-refractivity contribution in [3.63, 3.8) is 0 Å². The lowest BCUT2D eigenvalue weighted by atomic mass is 10.0. The van der Waals surface area contributed by atoms with Crippen LogP contribution in [-0.2, 0) is 22.7 Å². The number of hydroxylamine groups is 2. The standard InChI is InChI=1S/C25H25ClN2O4/c1-28(31-2)25(30)22(15-18-9-5-3-6-10-18)27-24(29)21-16-20(26)13-14-23(21)32-17-19-11-7-4-8-12-19/h3-14,16,22H,15,17H2,1-2H3,(H,27,29)/t22-/m0/s1. The van der Waals surface area contributed by atoms with Gasteiger partial charge in [0.2, 0.25) is 0 Å². The summed E-state index contributed by atoms with van der Waals surface area (Å²) in [6.45, 7) is 0.293. The average Bonchev–Trinajstić information content (AvgIpc) is 2.83. The van der Waals surface area contributed by atoms with E-state index in [0.717, 1.165) is 16.2 Å². The van der Waals surface area contributed by atoms with E-state index in [1.54, 1.807) is 12.1 Å².